The van der Waals surface area contributed by atoms with Crippen LogP contribution in [0, 0.1) is 0 Å². The number of fused-ring (bicyclic) bond motifs is 1. The number of aromatic nitrogens is 3. The summed E-state index contributed by atoms with van der Waals surface area (Å²) >= 11 is 0. The third-order valence-corrected chi connectivity index (χ3v) is 2.96. The number of nitrogens with zero attached hydrogens (tertiary/aromatic N) is 3. The number of H-pyrrole nitrogens is 1. The van der Waals surface area contributed by atoms with Crippen LogP contribution in [0.25, 0.3) is 11.0 Å². The van der Waals surface area contributed by atoms with Crippen LogP contribution < -0.4 is 4.90 Å². The van der Waals surface area contributed by atoms with Gasteiger partial charge in [-0.15, -0.1) is 0 Å². The van der Waals surface area contributed by atoms with Crippen molar-refractivity contribution in [1.82, 2.24) is 15.2 Å². The molecule has 0 amide bonds. The van der Waals surface area contributed by atoms with E-state index >= 15 is 0 Å². The van der Waals surface area contributed by atoms with Gasteiger partial charge in [0.2, 0.25) is 0 Å². The van der Waals surface area contributed by atoms with Crippen molar-refractivity contribution in [3.05, 3.63) is 18.3 Å². The molecular weight excluding hydrogens is 188 g/mol. The first kappa shape index (κ1) is 8.71. The first-order chi connectivity index (χ1) is 7.45. The standard InChI is InChI=1S/C11H14N4/c1-2-7-15(8-3-1)11-10-9(13-14-11)5-4-6-12-10/h4-6H,1-3,7-8H2,(H,13,14). The minimum absolute atomic E-state index is 0.999. The van der Waals surface area contributed by atoms with Gasteiger partial charge in [0.25, 0.3) is 0 Å². The van der Waals surface area contributed by atoms with E-state index in [2.05, 4.69) is 20.1 Å². The van der Waals surface area contributed by atoms with Crippen LogP contribution in [0.4, 0.5) is 5.82 Å². The Morgan fingerprint density at radius 1 is 1.20 bits per heavy atom. The van der Waals surface area contributed by atoms with E-state index in [0.717, 1.165) is 29.9 Å². The summed E-state index contributed by atoms with van der Waals surface area (Å²) < 4.78 is 0. The van der Waals surface area contributed by atoms with Crippen LogP contribution in [-0.4, -0.2) is 28.3 Å². The number of hydrogen-bond acceptors (Lipinski definition) is 3. The lowest BCUT2D eigenvalue weighted by atomic mass is 10.1. The Kier molecular flexibility index (Phi) is 2.05. The van der Waals surface area contributed by atoms with Crippen LogP contribution in [0.15, 0.2) is 18.3 Å². The van der Waals surface area contributed by atoms with Crippen molar-refractivity contribution in [2.24, 2.45) is 0 Å². The molecule has 0 aromatic carbocycles. The highest BCUT2D eigenvalue weighted by Crippen LogP contribution is 2.24. The van der Waals surface area contributed by atoms with E-state index in [0.29, 0.717) is 0 Å². The summed E-state index contributed by atoms with van der Waals surface area (Å²) in [5.41, 5.74) is 2.03. The predicted octanol–water partition coefficient (Wildman–Crippen LogP) is 1.95. The maximum Gasteiger partial charge on any atom is 0.177 e. The summed E-state index contributed by atoms with van der Waals surface area (Å²) in [7, 11) is 0. The molecule has 0 atom stereocenters. The Balaban J connectivity index is 2.02. The molecule has 0 radical (unpaired) electrons. The maximum absolute atomic E-state index is 4.38. The van der Waals surface area contributed by atoms with Gasteiger partial charge in [-0.2, -0.15) is 5.10 Å². The Morgan fingerprint density at radius 3 is 2.93 bits per heavy atom. The number of anilines is 1. The topological polar surface area (TPSA) is 44.8 Å². The number of pyridine rings is 1. The smallest absolute Gasteiger partial charge is 0.177 e. The third-order valence-electron chi connectivity index (χ3n) is 2.96. The van der Waals surface area contributed by atoms with E-state index in [1.165, 1.54) is 19.3 Å². The highest BCUT2D eigenvalue weighted by molar-refractivity contribution is 5.85. The van der Waals surface area contributed by atoms with Gasteiger partial charge in [0.1, 0.15) is 5.52 Å². The second kappa shape index (κ2) is 3.53. The molecule has 1 aliphatic heterocycles. The third kappa shape index (κ3) is 1.46. The largest absolute Gasteiger partial charge is 0.353 e. The predicted molar refractivity (Wildman–Crippen MR) is 60.0 cm³/mol. The molecule has 4 nitrogen and oxygen atoms in total. The molecule has 0 saturated carbocycles. The number of rotatable bonds is 1. The number of piperidine rings is 1. The van der Waals surface area contributed by atoms with E-state index in [-0.39, 0.29) is 0 Å². The van der Waals surface area contributed by atoms with Crippen LogP contribution >= 0.6 is 0 Å². The SMILES string of the molecule is c1cnc2c(N3CCCCC3)n[nH]c2c1. The zero-order chi connectivity index (χ0) is 10.1. The van der Waals surface area contributed by atoms with Crippen molar-refractivity contribution < 1.29 is 0 Å². The molecule has 0 aliphatic carbocycles. The number of aromatic amines is 1. The molecule has 3 heterocycles. The molecule has 0 bridgehead atoms. The van der Waals surface area contributed by atoms with E-state index in [1.54, 1.807) is 0 Å². The minimum Gasteiger partial charge on any atom is -0.353 e. The maximum atomic E-state index is 4.38. The molecule has 2 aromatic heterocycles. The van der Waals surface area contributed by atoms with Crippen molar-refractivity contribution in [3.63, 3.8) is 0 Å². The average molecular weight is 202 g/mol. The molecular formula is C11H14N4. The fraction of sp³-hybridized carbons (Fsp3) is 0.455. The summed E-state index contributed by atoms with van der Waals surface area (Å²) in [5, 5.41) is 7.39. The van der Waals surface area contributed by atoms with Gasteiger partial charge in [0, 0.05) is 19.3 Å². The monoisotopic (exact) mass is 202 g/mol. The molecule has 15 heavy (non-hydrogen) atoms. The van der Waals surface area contributed by atoms with Gasteiger partial charge in [-0.1, -0.05) is 0 Å². The molecule has 1 fully saturated rings. The molecule has 1 N–H and O–H groups in total. The molecule has 0 unspecified atom stereocenters. The zero-order valence-electron chi connectivity index (χ0n) is 8.61. The molecule has 1 saturated heterocycles. The number of hydrogen-bond donors (Lipinski definition) is 1. The van der Waals surface area contributed by atoms with Crippen molar-refractivity contribution in [2.75, 3.05) is 18.0 Å². The number of nitrogens with one attached hydrogen (secondary N) is 1. The quantitative estimate of drug-likeness (QED) is 0.768. The second-order valence-electron chi connectivity index (χ2n) is 3.99. The van der Waals surface area contributed by atoms with Gasteiger partial charge in [0.15, 0.2) is 5.82 Å². The molecule has 2 aromatic rings. The van der Waals surface area contributed by atoms with Crippen LogP contribution in [0.5, 0.6) is 0 Å². The van der Waals surface area contributed by atoms with Crippen LogP contribution in [-0.2, 0) is 0 Å². The molecule has 4 heteroatoms. The highest BCUT2D eigenvalue weighted by atomic mass is 15.3. The van der Waals surface area contributed by atoms with Crippen molar-refractivity contribution >= 4 is 16.9 Å². The average Bonchev–Trinajstić information content (AvgIpc) is 2.74. The first-order valence-electron chi connectivity index (χ1n) is 5.49. The van der Waals surface area contributed by atoms with Crippen molar-refractivity contribution in [1.29, 1.82) is 0 Å². The summed E-state index contributed by atoms with van der Waals surface area (Å²) in [6, 6.07) is 3.95. The highest BCUT2D eigenvalue weighted by Gasteiger charge is 2.16. The lowest BCUT2D eigenvalue weighted by Crippen LogP contribution is -2.29. The van der Waals surface area contributed by atoms with E-state index in [4.69, 9.17) is 0 Å². The van der Waals surface area contributed by atoms with Gasteiger partial charge in [-0.3, -0.25) is 10.1 Å². The van der Waals surface area contributed by atoms with Gasteiger partial charge in [-0.05, 0) is 31.4 Å². The van der Waals surface area contributed by atoms with Crippen LogP contribution in [0.2, 0.25) is 0 Å². The normalized spacial score (nSPS) is 17.2. The molecule has 3 rings (SSSR count). The lowest BCUT2D eigenvalue weighted by molar-refractivity contribution is 0.574. The van der Waals surface area contributed by atoms with Gasteiger partial charge in [-0.25, -0.2) is 0 Å². The molecule has 78 valence electrons. The summed E-state index contributed by atoms with van der Waals surface area (Å²) in [6.07, 6.45) is 5.69. The summed E-state index contributed by atoms with van der Waals surface area (Å²) in [5.74, 6) is 1.02. The fourth-order valence-electron chi connectivity index (χ4n) is 2.17. The summed E-state index contributed by atoms with van der Waals surface area (Å²) in [4.78, 5) is 6.71. The minimum atomic E-state index is 0.999. The first-order valence-corrected chi connectivity index (χ1v) is 5.49. The van der Waals surface area contributed by atoms with Crippen LogP contribution in [0.3, 0.4) is 0 Å². The molecule has 1 aliphatic rings. The molecule has 0 spiro atoms. The Bertz CT molecular complexity index is 456. The van der Waals surface area contributed by atoms with Gasteiger partial charge in [0.05, 0.1) is 5.52 Å². The fourth-order valence-corrected chi connectivity index (χ4v) is 2.17. The van der Waals surface area contributed by atoms with E-state index < -0.39 is 0 Å². The van der Waals surface area contributed by atoms with Crippen molar-refractivity contribution in [3.8, 4) is 0 Å². The van der Waals surface area contributed by atoms with E-state index in [9.17, 15) is 0 Å². The summed E-state index contributed by atoms with van der Waals surface area (Å²) in [6.45, 7) is 2.22. The van der Waals surface area contributed by atoms with E-state index in [1.807, 2.05) is 18.3 Å². The van der Waals surface area contributed by atoms with Gasteiger partial charge < -0.3 is 4.90 Å². The Morgan fingerprint density at radius 2 is 2.07 bits per heavy atom. The zero-order valence-corrected chi connectivity index (χ0v) is 8.61. The Labute approximate surface area is 88.3 Å². The Hall–Kier alpha value is -1.58. The van der Waals surface area contributed by atoms with Crippen LogP contribution in [0.1, 0.15) is 19.3 Å². The van der Waals surface area contributed by atoms with Gasteiger partial charge >= 0.3 is 0 Å². The van der Waals surface area contributed by atoms with Crippen molar-refractivity contribution in [2.45, 2.75) is 19.3 Å². The lowest BCUT2D eigenvalue weighted by Gasteiger charge is -2.26. The second-order valence-corrected chi connectivity index (χ2v) is 3.99.